The molecule has 5 aromatic carbocycles. The van der Waals surface area contributed by atoms with Crippen LogP contribution in [0.25, 0.3) is 66.9 Å². The number of rotatable bonds is 3. The lowest BCUT2D eigenvalue weighted by Crippen LogP contribution is -2.00. The van der Waals surface area contributed by atoms with Gasteiger partial charge in [0.2, 0.25) is 0 Å². The number of furan rings is 1. The molecule has 0 saturated heterocycles. The van der Waals surface area contributed by atoms with Gasteiger partial charge in [-0.1, -0.05) is 90.5 Å². The highest BCUT2D eigenvalue weighted by atomic mass is 35.5. The van der Waals surface area contributed by atoms with Gasteiger partial charge in [0.25, 0.3) is 0 Å². The van der Waals surface area contributed by atoms with Crippen molar-refractivity contribution in [2.24, 2.45) is 0 Å². The second-order valence-electron chi connectivity index (χ2n) is 8.66. The zero-order valence-corrected chi connectivity index (χ0v) is 19.8. The lowest BCUT2D eigenvalue weighted by atomic mass is 10.0. The largest absolute Gasteiger partial charge is 0.456 e. The van der Waals surface area contributed by atoms with Gasteiger partial charge in [0.1, 0.15) is 11.2 Å². The van der Waals surface area contributed by atoms with Crippen molar-refractivity contribution >= 4 is 44.3 Å². The Morgan fingerprint density at radius 3 is 2.00 bits per heavy atom. The van der Waals surface area contributed by atoms with Gasteiger partial charge in [-0.25, -0.2) is 15.0 Å². The second-order valence-corrected chi connectivity index (χ2v) is 9.10. The number of hydrogen-bond acceptors (Lipinski definition) is 4. The van der Waals surface area contributed by atoms with E-state index in [1.54, 1.807) is 0 Å². The molecule has 0 aliphatic rings. The molecule has 5 heteroatoms. The van der Waals surface area contributed by atoms with Crippen LogP contribution >= 0.6 is 11.6 Å². The maximum absolute atomic E-state index is 6.30. The van der Waals surface area contributed by atoms with Gasteiger partial charge in [0.15, 0.2) is 17.5 Å². The van der Waals surface area contributed by atoms with E-state index >= 15 is 0 Å². The second kappa shape index (κ2) is 8.29. The fourth-order valence-corrected chi connectivity index (χ4v) is 4.86. The summed E-state index contributed by atoms with van der Waals surface area (Å²) in [5.74, 6) is 1.75. The average Bonchev–Trinajstić information content (AvgIpc) is 3.29. The first-order valence-electron chi connectivity index (χ1n) is 11.6. The molecule has 0 spiro atoms. The van der Waals surface area contributed by atoms with E-state index in [1.165, 1.54) is 0 Å². The van der Waals surface area contributed by atoms with Crippen LogP contribution in [-0.4, -0.2) is 15.0 Å². The first kappa shape index (κ1) is 20.8. The van der Waals surface area contributed by atoms with Crippen LogP contribution < -0.4 is 0 Å². The van der Waals surface area contributed by atoms with E-state index in [9.17, 15) is 0 Å². The Labute approximate surface area is 211 Å². The maximum Gasteiger partial charge on any atom is 0.164 e. The molecule has 0 radical (unpaired) electrons. The topological polar surface area (TPSA) is 51.8 Å². The summed E-state index contributed by atoms with van der Waals surface area (Å²) in [7, 11) is 0. The summed E-state index contributed by atoms with van der Waals surface area (Å²) in [6.45, 7) is 0. The van der Waals surface area contributed by atoms with E-state index in [-0.39, 0.29) is 0 Å². The normalized spacial score (nSPS) is 11.5. The van der Waals surface area contributed by atoms with E-state index in [4.69, 9.17) is 31.0 Å². The molecular formula is C31H18ClN3O. The third-order valence-electron chi connectivity index (χ3n) is 6.35. The van der Waals surface area contributed by atoms with Crippen molar-refractivity contribution < 1.29 is 4.42 Å². The predicted octanol–water partition coefficient (Wildman–Crippen LogP) is 8.58. The molecule has 7 rings (SSSR count). The zero-order valence-electron chi connectivity index (χ0n) is 19.0. The van der Waals surface area contributed by atoms with Crippen molar-refractivity contribution in [2.45, 2.75) is 0 Å². The van der Waals surface area contributed by atoms with Gasteiger partial charge in [-0.15, -0.1) is 0 Å². The number of halogens is 1. The molecule has 0 atom stereocenters. The molecule has 0 N–H and O–H groups in total. The minimum atomic E-state index is 0.566. The molecule has 0 fully saturated rings. The number of aromatic nitrogens is 3. The van der Waals surface area contributed by atoms with E-state index in [1.807, 2.05) is 84.9 Å². The Balaban J connectivity index is 1.53. The summed E-state index contributed by atoms with van der Waals surface area (Å²) < 4.78 is 6.28. The van der Waals surface area contributed by atoms with Gasteiger partial charge in [0.05, 0.1) is 0 Å². The first-order chi connectivity index (χ1) is 17.7. The Morgan fingerprint density at radius 2 is 1.19 bits per heavy atom. The molecule has 36 heavy (non-hydrogen) atoms. The summed E-state index contributed by atoms with van der Waals surface area (Å²) in [6.07, 6.45) is 0. The zero-order chi connectivity index (χ0) is 24.1. The molecule has 170 valence electrons. The summed E-state index contributed by atoms with van der Waals surface area (Å²) in [5, 5.41) is 4.94. The average molecular weight is 484 g/mol. The van der Waals surface area contributed by atoms with Crippen molar-refractivity contribution in [3.8, 4) is 34.2 Å². The summed E-state index contributed by atoms with van der Waals surface area (Å²) in [4.78, 5) is 14.6. The highest BCUT2D eigenvalue weighted by molar-refractivity contribution is 6.30. The standard InChI is InChI=1S/C31H18ClN3O/c32-23-13-6-12-22(16-23)30-33-29(19-8-2-1-3-9-19)34-31(35-30)24-14-7-15-26-28(24)25-17-20-10-4-5-11-21(20)18-27(25)36-26/h1-18H. The van der Waals surface area contributed by atoms with E-state index in [0.717, 1.165) is 49.4 Å². The minimum absolute atomic E-state index is 0.566. The fraction of sp³-hybridized carbons (Fsp3) is 0. The molecule has 4 nitrogen and oxygen atoms in total. The van der Waals surface area contributed by atoms with Gasteiger partial charge in [-0.2, -0.15) is 0 Å². The van der Waals surface area contributed by atoms with E-state index in [0.29, 0.717) is 22.5 Å². The molecule has 0 bridgehead atoms. The number of nitrogens with zero attached hydrogens (tertiary/aromatic N) is 3. The molecule has 0 aliphatic heterocycles. The van der Waals surface area contributed by atoms with Crippen LogP contribution in [-0.2, 0) is 0 Å². The van der Waals surface area contributed by atoms with Crippen molar-refractivity contribution in [1.29, 1.82) is 0 Å². The van der Waals surface area contributed by atoms with E-state index in [2.05, 4.69) is 24.3 Å². The number of fused-ring (bicyclic) bond motifs is 4. The van der Waals surface area contributed by atoms with Crippen molar-refractivity contribution in [3.05, 3.63) is 114 Å². The van der Waals surface area contributed by atoms with Crippen LogP contribution in [0.1, 0.15) is 0 Å². The number of hydrogen-bond donors (Lipinski definition) is 0. The molecular weight excluding hydrogens is 466 g/mol. The Morgan fingerprint density at radius 1 is 0.528 bits per heavy atom. The Kier molecular flexibility index (Phi) is 4.79. The number of benzene rings is 5. The predicted molar refractivity (Wildman–Crippen MR) is 146 cm³/mol. The third kappa shape index (κ3) is 3.51. The molecule has 2 aromatic heterocycles. The van der Waals surface area contributed by atoms with Gasteiger partial charge >= 0.3 is 0 Å². The smallest absolute Gasteiger partial charge is 0.164 e. The van der Waals surface area contributed by atoms with Gasteiger partial charge in [-0.05, 0) is 41.1 Å². The summed E-state index contributed by atoms with van der Waals surface area (Å²) in [5.41, 5.74) is 4.27. The lowest BCUT2D eigenvalue weighted by molar-refractivity contribution is 0.669. The molecule has 2 heterocycles. The van der Waals surface area contributed by atoms with Crippen molar-refractivity contribution in [3.63, 3.8) is 0 Å². The maximum atomic E-state index is 6.30. The van der Waals surface area contributed by atoms with Crippen LogP contribution in [0, 0.1) is 0 Å². The van der Waals surface area contributed by atoms with Crippen LogP contribution in [0.2, 0.25) is 5.02 Å². The van der Waals surface area contributed by atoms with E-state index < -0.39 is 0 Å². The molecule has 0 unspecified atom stereocenters. The van der Waals surface area contributed by atoms with Crippen molar-refractivity contribution in [1.82, 2.24) is 15.0 Å². The SMILES string of the molecule is Clc1cccc(-c2nc(-c3ccccc3)nc(-c3cccc4oc5cc6ccccc6cc5c34)n2)c1. The van der Waals surface area contributed by atoms with Crippen LogP contribution in [0.3, 0.4) is 0 Å². The van der Waals surface area contributed by atoms with Crippen LogP contribution in [0.15, 0.2) is 114 Å². The van der Waals surface area contributed by atoms with Crippen LogP contribution in [0.4, 0.5) is 0 Å². The molecule has 0 saturated carbocycles. The quantitative estimate of drug-likeness (QED) is 0.252. The third-order valence-corrected chi connectivity index (χ3v) is 6.59. The summed E-state index contributed by atoms with van der Waals surface area (Å²) in [6, 6.07) is 36.1. The Hall–Kier alpha value is -4.54. The van der Waals surface area contributed by atoms with Crippen LogP contribution in [0.5, 0.6) is 0 Å². The molecule has 0 amide bonds. The lowest BCUT2D eigenvalue weighted by Gasteiger charge is -2.09. The van der Waals surface area contributed by atoms with Gasteiger partial charge in [0, 0.05) is 32.5 Å². The minimum Gasteiger partial charge on any atom is -0.456 e. The monoisotopic (exact) mass is 483 g/mol. The molecule has 7 aromatic rings. The first-order valence-corrected chi connectivity index (χ1v) is 12.0. The van der Waals surface area contributed by atoms with Gasteiger partial charge < -0.3 is 4.42 Å². The highest BCUT2D eigenvalue weighted by Gasteiger charge is 2.18. The highest BCUT2D eigenvalue weighted by Crippen LogP contribution is 2.38. The van der Waals surface area contributed by atoms with Gasteiger partial charge in [-0.3, -0.25) is 0 Å². The fourth-order valence-electron chi connectivity index (χ4n) is 4.67. The molecule has 0 aliphatic carbocycles. The summed E-state index contributed by atoms with van der Waals surface area (Å²) >= 11 is 6.30. The van der Waals surface area contributed by atoms with Crippen molar-refractivity contribution in [2.75, 3.05) is 0 Å². The Bertz CT molecular complexity index is 1910.